The number of benzene rings is 1. The van der Waals surface area contributed by atoms with Crippen LogP contribution >= 0.6 is 0 Å². The highest BCUT2D eigenvalue weighted by Gasteiger charge is 2.12. The van der Waals surface area contributed by atoms with Gasteiger partial charge >= 0.3 is 0 Å². The van der Waals surface area contributed by atoms with Gasteiger partial charge in [-0.15, -0.1) is 0 Å². The zero-order valence-electron chi connectivity index (χ0n) is 15.4. The maximum absolute atomic E-state index is 11.1. The van der Waals surface area contributed by atoms with Crippen LogP contribution in [0.25, 0.3) is 0 Å². The molecule has 0 saturated carbocycles. The highest BCUT2D eigenvalue weighted by Crippen LogP contribution is 2.24. The van der Waals surface area contributed by atoms with E-state index in [1.165, 1.54) is 17.7 Å². The Morgan fingerprint density at radius 3 is 2.57 bits per heavy atom. The van der Waals surface area contributed by atoms with Crippen molar-refractivity contribution in [2.45, 2.75) is 33.6 Å². The third-order valence-corrected chi connectivity index (χ3v) is 4.39. The zero-order chi connectivity index (χ0) is 17.2. The van der Waals surface area contributed by atoms with Gasteiger partial charge in [-0.3, -0.25) is 4.79 Å². The maximum atomic E-state index is 11.1. The molecule has 0 fully saturated rings. The molecular formula is C20H32N2O. The topological polar surface area (TPSA) is 23.6 Å². The summed E-state index contributed by atoms with van der Waals surface area (Å²) in [5, 5.41) is 0. The normalized spacial score (nSPS) is 12.8. The Morgan fingerprint density at radius 1 is 1.22 bits per heavy atom. The van der Waals surface area contributed by atoms with Gasteiger partial charge in [0.15, 0.2) is 0 Å². The second-order valence-corrected chi connectivity index (χ2v) is 6.48. The van der Waals surface area contributed by atoms with E-state index in [2.05, 4.69) is 56.0 Å². The van der Waals surface area contributed by atoms with Crippen LogP contribution in [0.2, 0.25) is 0 Å². The van der Waals surface area contributed by atoms with Gasteiger partial charge in [0.2, 0.25) is 0 Å². The third kappa shape index (κ3) is 6.57. The minimum absolute atomic E-state index is 0.654. The lowest BCUT2D eigenvalue weighted by atomic mass is 9.96. The van der Waals surface area contributed by atoms with Gasteiger partial charge in [0.25, 0.3) is 0 Å². The summed E-state index contributed by atoms with van der Waals surface area (Å²) in [6.07, 6.45) is 7.41. The number of likely N-dealkylation sites (N-methyl/N-ethyl adjacent to an activating group) is 2. The van der Waals surface area contributed by atoms with Crippen LogP contribution in [-0.2, 0) is 6.42 Å². The number of hydrogen-bond acceptors (Lipinski definition) is 3. The van der Waals surface area contributed by atoms with E-state index in [4.69, 9.17) is 0 Å². The van der Waals surface area contributed by atoms with E-state index in [1.807, 2.05) is 19.1 Å². The minimum atomic E-state index is 0.654. The van der Waals surface area contributed by atoms with Crippen LogP contribution in [-0.4, -0.2) is 44.9 Å². The lowest BCUT2D eigenvalue weighted by molar-refractivity contribution is 0.112. The Morgan fingerprint density at radius 2 is 1.96 bits per heavy atom. The van der Waals surface area contributed by atoms with Crippen molar-refractivity contribution in [3.8, 4) is 0 Å². The molecule has 3 heteroatoms. The first-order chi connectivity index (χ1) is 11.0. The molecule has 23 heavy (non-hydrogen) atoms. The SMILES string of the molecule is C/C=C\CN(C)CCN(C)c1cc(C=O)ccc1CC(C)CC. The predicted molar refractivity (Wildman–Crippen MR) is 101 cm³/mol. The van der Waals surface area contributed by atoms with Crippen molar-refractivity contribution in [3.63, 3.8) is 0 Å². The van der Waals surface area contributed by atoms with Crippen LogP contribution < -0.4 is 4.90 Å². The monoisotopic (exact) mass is 316 g/mol. The molecule has 0 aliphatic heterocycles. The van der Waals surface area contributed by atoms with Gasteiger partial charge in [-0.25, -0.2) is 0 Å². The molecule has 0 N–H and O–H groups in total. The summed E-state index contributed by atoms with van der Waals surface area (Å²) in [7, 11) is 4.25. The van der Waals surface area contributed by atoms with Crippen LogP contribution in [0.4, 0.5) is 5.69 Å². The Kier molecular flexibility index (Phi) is 8.64. The molecule has 0 radical (unpaired) electrons. The minimum Gasteiger partial charge on any atom is -0.373 e. The number of aldehydes is 1. The number of carbonyl (C=O) groups is 1. The molecular weight excluding hydrogens is 284 g/mol. The predicted octanol–water partition coefficient (Wildman–Crippen LogP) is 4.03. The van der Waals surface area contributed by atoms with E-state index in [0.717, 1.165) is 37.9 Å². The van der Waals surface area contributed by atoms with Gasteiger partial charge < -0.3 is 9.80 Å². The molecule has 128 valence electrons. The summed E-state index contributed by atoms with van der Waals surface area (Å²) in [5.41, 5.74) is 3.28. The first-order valence-corrected chi connectivity index (χ1v) is 8.60. The highest BCUT2D eigenvalue weighted by atomic mass is 16.1. The van der Waals surface area contributed by atoms with E-state index in [9.17, 15) is 4.79 Å². The van der Waals surface area contributed by atoms with E-state index in [1.54, 1.807) is 0 Å². The molecule has 0 aromatic heterocycles. The Labute approximate surface area is 142 Å². The van der Waals surface area contributed by atoms with Crippen molar-refractivity contribution in [2.24, 2.45) is 5.92 Å². The van der Waals surface area contributed by atoms with Crippen LogP contribution in [0, 0.1) is 5.92 Å². The first-order valence-electron chi connectivity index (χ1n) is 8.60. The molecule has 0 spiro atoms. The molecule has 0 aliphatic rings. The highest BCUT2D eigenvalue weighted by molar-refractivity contribution is 5.78. The molecule has 1 rings (SSSR count). The van der Waals surface area contributed by atoms with Crippen molar-refractivity contribution in [2.75, 3.05) is 38.6 Å². The van der Waals surface area contributed by atoms with Crippen molar-refractivity contribution in [3.05, 3.63) is 41.5 Å². The van der Waals surface area contributed by atoms with Crippen molar-refractivity contribution >= 4 is 12.0 Å². The van der Waals surface area contributed by atoms with Crippen LogP contribution in [0.5, 0.6) is 0 Å². The lowest BCUT2D eigenvalue weighted by Gasteiger charge is -2.26. The summed E-state index contributed by atoms with van der Waals surface area (Å²) in [6.45, 7) is 9.47. The van der Waals surface area contributed by atoms with Crippen LogP contribution in [0.15, 0.2) is 30.4 Å². The molecule has 1 atom stereocenters. The van der Waals surface area contributed by atoms with Gasteiger partial charge in [-0.1, -0.05) is 44.6 Å². The number of nitrogens with zero attached hydrogens (tertiary/aromatic N) is 2. The van der Waals surface area contributed by atoms with Crippen molar-refractivity contribution in [1.29, 1.82) is 0 Å². The van der Waals surface area contributed by atoms with E-state index in [-0.39, 0.29) is 0 Å². The summed E-state index contributed by atoms with van der Waals surface area (Å²) >= 11 is 0. The fourth-order valence-corrected chi connectivity index (χ4v) is 2.52. The fourth-order valence-electron chi connectivity index (χ4n) is 2.52. The van der Waals surface area contributed by atoms with Crippen LogP contribution in [0.3, 0.4) is 0 Å². The van der Waals surface area contributed by atoms with Gasteiger partial charge in [0.05, 0.1) is 0 Å². The standard InChI is InChI=1S/C20H32N2O/c1-6-8-11-21(4)12-13-22(5)20-15-18(16-23)9-10-19(20)14-17(3)7-2/h6,8-10,15-17H,7,11-14H2,1-5H3/b8-6-. The third-order valence-electron chi connectivity index (χ3n) is 4.39. The number of carbonyl (C=O) groups excluding carboxylic acids is 1. The van der Waals surface area contributed by atoms with Gasteiger partial charge in [0, 0.05) is 37.9 Å². The Bertz CT molecular complexity index is 510. The van der Waals surface area contributed by atoms with Crippen LogP contribution in [0.1, 0.15) is 43.1 Å². The molecule has 0 amide bonds. The van der Waals surface area contributed by atoms with E-state index in [0.29, 0.717) is 5.92 Å². The molecule has 1 unspecified atom stereocenters. The maximum Gasteiger partial charge on any atom is 0.150 e. The number of rotatable bonds is 10. The molecule has 3 nitrogen and oxygen atoms in total. The van der Waals surface area contributed by atoms with E-state index >= 15 is 0 Å². The Balaban J connectivity index is 2.83. The molecule has 0 heterocycles. The smallest absolute Gasteiger partial charge is 0.150 e. The number of allylic oxidation sites excluding steroid dienone is 1. The summed E-state index contributed by atoms with van der Waals surface area (Å²) in [6, 6.07) is 6.07. The second kappa shape index (κ2) is 10.2. The fraction of sp³-hybridized carbons (Fsp3) is 0.550. The molecule has 0 aliphatic carbocycles. The Hall–Kier alpha value is -1.61. The average Bonchev–Trinajstić information content (AvgIpc) is 2.57. The second-order valence-electron chi connectivity index (χ2n) is 6.48. The largest absolute Gasteiger partial charge is 0.373 e. The molecule has 0 saturated heterocycles. The van der Waals surface area contributed by atoms with E-state index < -0.39 is 0 Å². The number of anilines is 1. The summed E-state index contributed by atoms with van der Waals surface area (Å²) < 4.78 is 0. The lowest BCUT2D eigenvalue weighted by Crippen LogP contribution is -2.31. The van der Waals surface area contributed by atoms with Gasteiger partial charge in [-0.2, -0.15) is 0 Å². The van der Waals surface area contributed by atoms with Crippen molar-refractivity contribution < 1.29 is 4.79 Å². The molecule has 1 aromatic carbocycles. The molecule has 1 aromatic rings. The first kappa shape index (κ1) is 19.4. The molecule has 0 bridgehead atoms. The van der Waals surface area contributed by atoms with Gasteiger partial charge in [0.1, 0.15) is 6.29 Å². The summed E-state index contributed by atoms with van der Waals surface area (Å²) in [5.74, 6) is 0.654. The van der Waals surface area contributed by atoms with Gasteiger partial charge in [-0.05, 0) is 37.9 Å². The quantitative estimate of drug-likeness (QED) is 0.481. The summed E-state index contributed by atoms with van der Waals surface area (Å²) in [4.78, 5) is 15.7. The average molecular weight is 316 g/mol. The number of hydrogen-bond donors (Lipinski definition) is 0. The van der Waals surface area contributed by atoms with Crippen molar-refractivity contribution in [1.82, 2.24) is 4.90 Å². The zero-order valence-corrected chi connectivity index (χ0v) is 15.4.